The fraction of sp³-hybridized carbons (Fsp3) is 0.267. The van der Waals surface area contributed by atoms with Crippen molar-refractivity contribution in [3.8, 4) is 0 Å². The Morgan fingerprint density at radius 1 is 1.24 bits per heavy atom. The number of hydrogen-bond donors (Lipinski definition) is 0. The first kappa shape index (κ1) is 14.0. The van der Waals surface area contributed by atoms with Crippen LogP contribution >= 0.6 is 11.8 Å². The zero-order valence-electron chi connectivity index (χ0n) is 11.8. The number of imidazole rings is 1. The zero-order valence-corrected chi connectivity index (χ0v) is 12.6. The van der Waals surface area contributed by atoms with Crippen LogP contribution in [0.3, 0.4) is 0 Å². The van der Waals surface area contributed by atoms with Gasteiger partial charge in [0, 0.05) is 31.5 Å². The lowest BCUT2D eigenvalue weighted by Gasteiger charge is -2.07. The minimum absolute atomic E-state index is 0.641. The van der Waals surface area contributed by atoms with E-state index in [0.717, 1.165) is 28.6 Å². The molecular weight excluding hydrogens is 284 g/mol. The van der Waals surface area contributed by atoms with Crippen LogP contribution in [0, 0.1) is 0 Å². The number of pyridine rings is 2. The Labute approximate surface area is 127 Å². The molecule has 3 aromatic heterocycles. The van der Waals surface area contributed by atoms with Crippen LogP contribution in [0.2, 0.25) is 0 Å². The van der Waals surface area contributed by atoms with Gasteiger partial charge >= 0.3 is 0 Å². The fourth-order valence-electron chi connectivity index (χ4n) is 2.06. The van der Waals surface area contributed by atoms with Crippen LogP contribution in [0.1, 0.15) is 5.56 Å². The van der Waals surface area contributed by atoms with Gasteiger partial charge in [-0.25, -0.2) is 9.97 Å². The van der Waals surface area contributed by atoms with E-state index in [1.165, 1.54) is 5.56 Å². The van der Waals surface area contributed by atoms with Crippen LogP contribution in [0.15, 0.2) is 48.0 Å². The van der Waals surface area contributed by atoms with Gasteiger partial charge in [-0.15, -0.1) is 0 Å². The van der Waals surface area contributed by atoms with Crippen molar-refractivity contribution in [1.82, 2.24) is 19.5 Å². The molecule has 0 saturated carbocycles. The lowest BCUT2D eigenvalue weighted by atomic mass is 10.3. The van der Waals surface area contributed by atoms with Crippen molar-refractivity contribution < 1.29 is 4.74 Å². The SMILES string of the molecule is COCCn1c(SCc2cccnc2)nc2cccnc21. The van der Waals surface area contributed by atoms with E-state index in [1.54, 1.807) is 31.3 Å². The largest absolute Gasteiger partial charge is 0.383 e. The molecule has 3 heterocycles. The summed E-state index contributed by atoms with van der Waals surface area (Å²) in [5.41, 5.74) is 3.01. The Kier molecular flexibility index (Phi) is 4.47. The van der Waals surface area contributed by atoms with Crippen molar-refractivity contribution in [3.63, 3.8) is 0 Å². The molecule has 6 heteroatoms. The second kappa shape index (κ2) is 6.69. The summed E-state index contributed by atoms with van der Waals surface area (Å²) < 4.78 is 7.30. The summed E-state index contributed by atoms with van der Waals surface area (Å²) in [6, 6.07) is 7.91. The van der Waals surface area contributed by atoms with E-state index in [0.29, 0.717) is 6.61 Å². The van der Waals surface area contributed by atoms with E-state index in [9.17, 15) is 0 Å². The standard InChI is InChI=1S/C15H16N4OS/c1-20-9-8-19-14-13(5-3-7-17-14)18-15(19)21-11-12-4-2-6-16-10-12/h2-7,10H,8-9,11H2,1H3. The Morgan fingerprint density at radius 2 is 2.14 bits per heavy atom. The smallest absolute Gasteiger partial charge is 0.170 e. The molecule has 21 heavy (non-hydrogen) atoms. The van der Waals surface area contributed by atoms with Gasteiger partial charge in [0.15, 0.2) is 10.8 Å². The van der Waals surface area contributed by atoms with Crippen molar-refractivity contribution in [2.24, 2.45) is 0 Å². The summed E-state index contributed by atoms with van der Waals surface area (Å²) in [5.74, 6) is 0.837. The highest BCUT2D eigenvalue weighted by Gasteiger charge is 2.12. The molecule has 0 fully saturated rings. The number of nitrogens with zero attached hydrogens (tertiary/aromatic N) is 4. The number of rotatable bonds is 6. The first-order valence-corrected chi connectivity index (χ1v) is 7.69. The monoisotopic (exact) mass is 300 g/mol. The van der Waals surface area contributed by atoms with Crippen LogP contribution in [-0.2, 0) is 17.0 Å². The van der Waals surface area contributed by atoms with Gasteiger partial charge in [0.1, 0.15) is 5.52 Å². The fourth-order valence-corrected chi connectivity index (χ4v) is 3.03. The molecule has 0 aliphatic heterocycles. The van der Waals surface area contributed by atoms with Gasteiger partial charge in [-0.3, -0.25) is 4.98 Å². The molecule has 0 saturated heterocycles. The zero-order chi connectivity index (χ0) is 14.5. The second-order valence-corrected chi connectivity index (χ2v) is 5.48. The molecule has 0 N–H and O–H groups in total. The van der Waals surface area contributed by atoms with Gasteiger partial charge in [-0.2, -0.15) is 0 Å². The van der Waals surface area contributed by atoms with E-state index in [1.807, 2.05) is 24.4 Å². The third kappa shape index (κ3) is 3.22. The average Bonchev–Trinajstić information content (AvgIpc) is 2.89. The molecule has 0 aliphatic carbocycles. The molecule has 0 bridgehead atoms. The third-order valence-electron chi connectivity index (χ3n) is 3.08. The first-order valence-electron chi connectivity index (χ1n) is 6.70. The maximum Gasteiger partial charge on any atom is 0.170 e. The van der Waals surface area contributed by atoms with Crippen LogP contribution in [-0.4, -0.2) is 33.2 Å². The number of fused-ring (bicyclic) bond motifs is 1. The predicted octanol–water partition coefficient (Wildman–Crippen LogP) is 2.77. The molecule has 0 unspecified atom stereocenters. The Morgan fingerprint density at radius 3 is 2.95 bits per heavy atom. The van der Waals surface area contributed by atoms with Crippen molar-refractivity contribution >= 4 is 22.9 Å². The molecule has 108 valence electrons. The predicted molar refractivity (Wildman–Crippen MR) is 83.2 cm³/mol. The van der Waals surface area contributed by atoms with Gasteiger partial charge in [-0.1, -0.05) is 17.8 Å². The van der Waals surface area contributed by atoms with Crippen molar-refractivity contribution in [1.29, 1.82) is 0 Å². The molecule has 3 aromatic rings. The Hall–Kier alpha value is -1.92. The minimum Gasteiger partial charge on any atom is -0.383 e. The summed E-state index contributed by atoms with van der Waals surface area (Å²) in [6.45, 7) is 1.39. The summed E-state index contributed by atoms with van der Waals surface area (Å²) in [5, 5.41) is 0.963. The molecule has 0 aliphatic rings. The summed E-state index contributed by atoms with van der Waals surface area (Å²) in [4.78, 5) is 13.2. The molecule has 3 rings (SSSR count). The maximum absolute atomic E-state index is 5.19. The Bertz CT molecular complexity index is 714. The highest BCUT2D eigenvalue weighted by Crippen LogP contribution is 2.25. The molecule has 0 spiro atoms. The highest BCUT2D eigenvalue weighted by molar-refractivity contribution is 7.98. The third-order valence-corrected chi connectivity index (χ3v) is 4.13. The van der Waals surface area contributed by atoms with Gasteiger partial charge in [0.05, 0.1) is 13.2 Å². The maximum atomic E-state index is 5.19. The van der Waals surface area contributed by atoms with E-state index < -0.39 is 0 Å². The number of ether oxygens (including phenoxy) is 1. The molecule has 0 atom stereocenters. The second-order valence-electron chi connectivity index (χ2n) is 4.53. The molecular formula is C15H16N4OS. The van der Waals surface area contributed by atoms with E-state index in [2.05, 4.69) is 25.6 Å². The first-order chi connectivity index (χ1) is 10.4. The lowest BCUT2D eigenvalue weighted by Crippen LogP contribution is -2.06. The van der Waals surface area contributed by atoms with E-state index in [-0.39, 0.29) is 0 Å². The van der Waals surface area contributed by atoms with Crippen LogP contribution < -0.4 is 0 Å². The molecule has 5 nitrogen and oxygen atoms in total. The topological polar surface area (TPSA) is 52.8 Å². The normalized spacial score (nSPS) is 11.1. The Balaban J connectivity index is 1.86. The average molecular weight is 300 g/mol. The molecule has 0 aromatic carbocycles. The van der Waals surface area contributed by atoms with Gasteiger partial charge in [0.2, 0.25) is 0 Å². The number of aromatic nitrogens is 4. The summed E-state index contributed by atoms with van der Waals surface area (Å²) in [6.07, 6.45) is 5.46. The summed E-state index contributed by atoms with van der Waals surface area (Å²) >= 11 is 1.69. The van der Waals surface area contributed by atoms with Crippen molar-refractivity contribution in [2.75, 3.05) is 13.7 Å². The van der Waals surface area contributed by atoms with Crippen LogP contribution in [0.5, 0.6) is 0 Å². The van der Waals surface area contributed by atoms with E-state index in [4.69, 9.17) is 4.74 Å². The number of methoxy groups -OCH3 is 1. The van der Waals surface area contributed by atoms with Crippen molar-refractivity contribution in [2.45, 2.75) is 17.5 Å². The highest BCUT2D eigenvalue weighted by atomic mass is 32.2. The van der Waals surface area contributed by atoms with Gasteiger partial charge in [0.25, 0.3) is 0 Å². The van der Waals surface area contributed by atoms with Gasteiger partial charge < -0.3 is 9.30 Å². The number of hydrogen-bond acceptors (Lipinski definition) is 5. The summed E-state index contributed by atoms with van der Waals surface area (Å²) in [7, 11) is 1.70. The minimum atomic E-state index is 0.641. The van der Waals surface area contributed by atoms with Crippen LogP contribution in [0.25, 0.3) is 11.2 Å². The van der Waals surface area contributed by atoms with Gasteiger partial charge in [-0.05, 0) is 23.8 Å². The van der Waals surface area contributed by atoms with Crippen LogP contribution in [0.4, 0.5) is 0 Å². The molecule has 0 radical (unpaired) electrons. The lowest BCUT2D eigenvalue weighted by molar-refractivity contribution is 0.186. The quantitative estimate of drug-likeness (QED) is 0.655. The number of thioether (sulfide) groups is 1. The van der Waals surface area contributed by atoms with E-state index >= 15 is 0 Å². The van der Waals surface area contributed by atoms with Crippen molar-refractivity contribution in [3.05, 3.63) is 48.4 Å². The molecule has 0 amide bonds.